The average Bonchev–Trinajstić information content (AvgIpc) is 2.50. The number of carbonyl (C=O) groups excluding carboxylic acids is 2. The van der Waals surface area contributed by atoms with E-state index in [0.29, 0.717) is 6.29 Å². The SMILES string of the molecule is CC.CC.CNCc1c(C=O)cc(C=O)cc1C(F)(F)F. The molecule has 0 heterocycles. The Bertz CT molecular complexity index is 443. The predicted octanol–water partition coefficient (Wildman–Crippen LogP) is 4.10. The maximum absolute atomic E-state index is 12.7. The number of alkyl halides is 3. The Labute approximate surface area is 123 Å². The van der Waals surface area contributed by atoms with Gasteiger partial charge in [0.1, 0.15) is 12.6 Å². The van der Waals surface area contributed by atoms with Crippen molar-refractivity contribution in [3.8, 4) is 0 Å². The third-order valence-electron chi connectivity index (χ3n) is 2.23. The van der Waals surface area contributed by atoms with Gasteiger partial charge in [0.05, 0.1) is 5.56 Å². The molecule has 0 atom stereocenters. The molecule has 3 nitrogen and oxygen atoms in total. The second-order valence-electron chi connectivity index (χ2n) is 3.40. The summed E-state index contributed by atoms with van der Waals surface area (Å²) in [6, 6.07) is 1.88. The molecule has 0 saturated carbocycles. The smallest absolute Gasteiger partial charge is 0.316 e. The summed E-state index contributed by atoms with van der Waals surface area (Å²) in [5, 5.41) is 2.56. The molecule has 0 amide bonds. The Kier molecular flexibility index (Phi) is 11.3. The van der Waals surface area contributed by atoms with Crippen molar-refractivity contribution in [1.82, 2.24) is 5.32 Å². The minimum absolute atomic E-state index is 0.0952. The second-order valence-corrected chi connectivity index (χ2v) is 3.40. The summed E-state index contributed by atoms with van der Waals surface area (Å²) >= 11 is 0. The zero-order valence-electron chi connectivity index (χ0n) is 13.0. The van der Waals surface area contributed by atoms with Crippen molar-refractivity contribution in [2.75, 3.05) is 7.05 Å². The topological polar surface area (TPSA) is 46.2 Å². The molecular formula is C15H22F3NO2. The first kappa shape index (κ1) is 21.6. The van der Waals surface area contributed by atoms with Gasteiger partial charge in [0, 0.05) is 17.7 Å². The molecule has 0 unspecified atom stereocenters. The van der Waals surface area contributed by atoms with E-state index in [4.69, 9.17) is 0 Å². The van der Waals surface area contributed by atoms with Crippen molar-refractivity contribution in [2.24, 2.45) is 0 Å². The van der Waals surface area contributed by atoms with Gasteiger partial charge in [0.25, 0.3) is 0 Å². The van der Waals surface area contributed by atoms with Gasteiger partial charge >= 0.3 is 6.18 Å². The highest BCUT2D eigenvalue weighted by molar-refractivity contribution is 5.84. The molecule has 0 radical (unpaired) electrons. The summed E-state index contributed by atoms with van der Waals surface area (Å²) in [6.07, 6.45) is -4.00. The largest absolute Gasteiger partial charge is 0.416 e. The molecule has 1 aromatic rings. The van der Waals surface area contributed by atoms with E-state index in [0.717, 1.165) is 12.1 Å². The molecule has 0 aromatic heterocycles. The minimum Gasteiger partial charge on any atom is -0.316 e. The highest BCUT2D eigenvalue weighted by Crippen LogP contribution is 2.33. The lowest BCUT2D eigenvalue weighted by Crippen LogP contribution is -2.17. The van der Waals surface area contributed by atoms with Gasteiger partial charge in [-0.1, -0.05) is 27.7 Å². The van der Waals surface area contributed by atoms with Crippen molar-refractivity contribution in [3.63, 3.8) is 0 Å². The van der Waals surface area contributed by atoms with Crippen LogP contribution in [0, 0.1) is 0 Å². The van der Waals surface area contributed by atoms with Gasteiger partial charge in [-0.3, -0.25) is 9.59 Å². The maximum atomic E-state index is 12.7. The number of hydrogen-bond acceptors (Lipinski definition) is 3. The minimum atomic E-state index is -4.59. The second kappa shape index (κ2) is 11.0. The molecule has 120 valence electrons. The molecule has 0 spiro atoms. The number of benzene rings is 1. The van der Waals surface area contributed by atoms with Crippen LogP contribution in [0.3, 0.4) is 0 Å². The lowest BCUT2D eigenvalue weighted by Gasteiger charge is -2.15. The number of carbonyl (C=O) groups is 2. The van der Waals surface area contributed by atoms with Crippen molar-refractivity contribution in [1.29, 1.82) is 0 Å². The zero-order chi connectivity index (χ0) is 17.1. The normalized spacial score (nSPS) is 9.71. The lowest BCUT2D eigenvalue weighted by molar-refractivity contribution is -0.138. The summed E-state index contributed by atoms with van der Waals surface area (Å²) in [7, 11) is 1.47. The standard InChI is InChI=1S/C11H10F3NO2.2C2H6/c1-15-4-9-8(6-17)2-7(5-16)3-10(9)11(12,13)14;2*1-2/h2-3,5-6,15H,4H2,1H3;2*1-2H3. The maximum Gasteiger partial charge on any atom is 0.416 e. The van der Waals surface area contributed by atoms with E-state index in [9.17, 15) is 22.8 Å². The molecule has 0 saturated heterocycles. The van der Waals surface area contributed by atoms with Crippen LogP contribution < -0.4 is 5.32 Å². The van der Waals surface area contributed by atoms with E-state index >= 15 is 0 Å². The van der Waals surface area contributed by atoms with Gasteiger partial charge in [0.2, 0.25) is 0 Å². The number of halogens is 3. The molecule has 21 heavy (non-hydrogen) atoms. The molecule has 0 fully saturated rings. The molecule has 6 heteroatoms. The fourth-order valence-electron chi connectivity index (χ4n) is 1.52. The molecule has 1 aromatic carbocycles. The number of aldehydes is 2. The molecule has 0 aliphatic carbocycles. The molecule has 0 aliphatic heterocycles. The third-order valence-corrected chi connectivity index (χ3v) is 2.23. The Hall–Kier alpha value is -1.69. The fourth-order valence-corrected chi connectivity index (χ4v) is 1.52. The van der Waals surface area contributed by atoms with Crippen molar-refractivity contribution in [2.45, 2.75) is 40.4 Å². The molecule has 0 aliphatic rings. The van der Waals surface area contributed by atoms with Crippen molar-refractivity contribution >= 4 is 12.6 Å². The van der Waals surface area contributed by atoms with Gasteiger partial charge in [0.15, 0.2) is 0 Å². The number of nitrogens with one attached hydrogen (secondary N) is 1. The van der Waals surface area contributed by atoms with Gasteiger partial charge < -0.3 is 5.32 Å². The molecular weight excluding hydrogens is 283 g/mol. The number of hydrogen-bond donors (Lipinski definition) is 1. The first-order valence-electron chi connectivity index (χ1n) is 6.73. The van der Waals surface area contributed by atoms with E-state index in [1.54, 1.807) is 0 Å². The van der Waals surface area contributed by atoms with Crippen LogP contribution in [-0.2, 0) is 12.7 Å². The third kappa shape index (κ3) is 6.53. The summed E-state index contributed by atoms with van der Waals surface area (Å²) in [5.74, 6) is 0. The monoisotopic (exact) mass is 305 g/mol. The van der Waals surface area contributed by atoms with Gasteiger partial charge in [-0.25, -0.2) is 0 Å². The molecule has 0 bridgehead atoms. The van der Waals surface area contributed by atoms with E-state index in [-0.39, 0.29) is 29.5 Å². The Morgan fingerprint density at radius 1 is 1.05 bits per heavy atom. The van der Waals surface area contributed by atoms with Crippen molar-refractivity contribution in [3.05, 3.63) is 34.4 Å². The van der Waals surface area contributed by atoms with Crippen LogP contribution in [0.4, 0.5) is 13.2 Å². The van der Waals surface area contributed by atoms with Crippen LogP contribution in [-0.4, -0.2) is 19.6 Å². The zero-order valence-corrected chi connectivity index (χ0v) is 13.0. The van der Waals surface area contributed by atoms with E-state index in [1.165, 1.54) is 7.05 Å². The van der Waals surface area contributed by atoms with Crippen LogP contribution in [0.1, 0.15) is 59.5 Å². The highest BCUT2D eigenvalue weighted by atomic mass is 19.4. The van der Waals surface area contributed by atoms with Gasteiger partial charge in [-0.15, -0.1) is 0 Å². The average molecular weight is 305 g/mol. The van der Waals surface area contributed by atoms with Crippen LogP contribution >= 0.6 is 0 Å². The van der Waals surface area contributed by atoms with Crippen LogP contribution in [0.25, 0.3) is 0 Å². The van der Waals surface area contributed by atoms with Crippen LogP contribution in [0.15, 0.2) is 12.1 Å². The van der Waals surface area contributed by atoms with Crippen molar-refractivity contribution < 1.29 is 22.8 Å². The highest BCUT2D eigenvalue weighted by Gasteiger charge is 2.34. The quantitative estimate of drug-likeness (QED) is 0.852. The summed E-state index contributed by atoms with van der Waals surface area (Å²) in [6.45, 7) is 7.90. The Balaban J connectivity index is 0. The molecule has 1 N–H and O–H groups in total. The number of rotatable bonds is 4. The van der Waals surface area contributed by atoms with E-state index in [1.807, 2.05) is 27.7 Å². The van der Waals surface area contributed by atoms with Gasteiger partial charge in [-0.05, 0) is 24.7 Å². The summed E-state index contributed by atoms with van der Waals surface area (Å²) in [4.78, 5) is 21.3. The first-order chi connectivity index (χ1) is 9.93. The van der Waals surface area contributed by atoms with E-state index < -0.39 is 11.7 Å². The summed E-state index contributed by atoms with van der Waals surface area (Å²) in [5.41, 5.74) is -1.41. The van der Waals surface area contributed by atoms with Gasteiger partial charge in [-0.2, -0.15) is 13.2 Å². The molecule has 1 rings (SSSR count). The summed E-state index contributed by atoms with van der Waals surface area (Å²) < 4.78 is 38.2. The van der Waals surface area contributed by atoms with Crippen LogP contribution in [0.5, 0.6) is 0 Å². The van der Waals surface area contributed by atoms with E-state index in [2.05, 4.69) is 5.32 Å². The predicted molar refractivity (Wildman–Crippen MR) is 77.7 cm³/mol. The van der Waals surface area contributed by atoms with Crippen LogP contribution in [0.2, 0.25) is 0 Å². The Morgan fingerprint density at radius 2 is 1.57 bits per heavy atom. The first-order valence-corrected chi connectivity index (χ1v) is 6.73. The fraction of sp³-hybridized carbons (Fsp3) is 0.467. The Morgan fingerprint density at radius 3 is 1.90 bits per heavy atom. The lowest BCUT2D eigenvalue weighted by atomic mass is 9.98.